The van der Waals surface area contributed by atoms with Crippen LogP contribution in [-0.2, 0) is 10.5 Å². The number of halogens is 2. The molecule has 0 spiro atoms. The largest absolute Gasteiger partial charge is 0.357 e. The van der Waals surface area contributed by atoms with Gasteiger partial charge in [0.25, 0.3) is 0 Å². The molecule has 1 atom stereocenters. The third kappa shape index (κ3) is 4.44. The summed E-state index contributed by atoms with van der Waals surface area (Å²) in [5.41, 5.74) is 0.986. The molecule has 0 saturated heterocycles. The van der Waals surface area contributed by atoms with E-state index in [9.17, 15) is 13.6 Å². The zero-order valence-electron chi connectivity index (χ0n) is 19.0. The zero-order valence-corrected chi connectivity index (χ0v) is 19.0. The third-order valence-electron chi connectivity index (χ3n) is 7.73. The number of nitrogens with one attached hydrogen (secondary N) is 3. The minimum Gasteiger partial charge on any atom is -0.357 e. The van der Waals surface area contributed by atoms with Gasteiger partial charge in [-0.3, -0.25) is 4.79 Å². The molecule has 5 rings (SSSR count). The van der Waals surface area contributed by atoms with Crippen LogP contribution in [0.15, 0.2) is 42.5 Å². The van der Waals surface area contributed by atoms with Crippen molar-refractivity contribution in [2.45, 2.75) is 75.9 Å². The fourth-order valence-corrected chi connectivity index (χ4v) is 6.19. The Labute approximate surface area is 194 Å². The van der Waals surface area contributed by atoms with E-state index in [0.717, 1.165) is 75.2 Å². The first-order valence-electron chi connectivity index (χ1n) is 12.5. The van der Waals surface area contributed by atoms with E-state index in [4.69, 9.17) is 0 Å². The van der Waals surface area contributed by atoms with Crippen molar-refractivity contribution in [2.75, 3.05) is 10.6 Å². The van der Waals surface area contributed by atoms with Crippen molar-refractivity contribution in [3.63, 3.8) is 0 Å². The molecule has 176 valence electrons. The van der Waals surface area contributed by atoms with Gasteiger partial charge in [-0.1, -0.05) is 50.7 Å². The molecule has 2 aromatic carbocycles. The summed E-state index contributed by atoms with van der Waals surface area (Å²) < 4.78 is 28.9. The van der Waals surface area contributed by atoms with Crippen LogP contribution in [0.2, 0.25) is 0 Å². The molecule has 0 aromatic heterocycles. The molecular formula is C27H33F2N3O. The summed E-state index contributed by atoms with van der Waals surface area (Å²) in [6.07, 6.45) is 10.6. The van der Waals surface area contributed by atoms with Gasteiger partial charge in [0.1, 0.15) is 17.3 Å². The molecule has 2 saturated carbocycles. The lowest BCUT2D eigenvalue weighted by Crippen LogP contribution is -2.57. The summed E-state index contributed by atoms with van der Waals surface area (Å²) in [5, 5.41) is 10.4. The van der Waals surface area contributed by atoms with E-state index in [-0.39, 0.29) is 17.9 Å². The standard InChI is InChI=1S/C27H33F2N3O/c28-20-15-19(16-21(29)17-20)27(31-23-13-7-8-14-24(23)32-27)25(18-9-3-1-4-10-18)26(33)30-22-11-5-2-6-12-22/h7-8,13-18,22,25,31-32H,1-6,9-12H2,(H,30,33). The normalized spacial score (nSPS) is 21.5. The predicted octanol–water partition coefficient (Wildman–Crippen LogP) is 6.30. The average Bonchev–Trinajstić information content (AvgIpc) is 3.20. The van der Waals surface area contributed by atoms with Crippen molar-refractivity contribution >= 4 is 17.3 Å². The van der Waals surface area contributed by atoms with Crippen LogP contribution >= 0.6 is 0 Å². The lowest BCUT2D eigenvalue weighted by molar-refractivity contribution is -0.130. The van der Waals surface area contributed by atoms with Crippen LogP contribution in [0.5, 0.6) is 0 Å². The number of carbonyl (C=O) groups excluding carboxylic acids is 1. The number of hydrogen-bond donors (Lipinski definition) is 3. The third-order valence-corrected chi connectivity index (χ3v) is 7.73. The van der Waals surface area contributed by atoms with Crippen LogP contribution in [0.1, 0.15) is 69.8 Å². The van der Waals surface area contributed by atoms with Gasteiger partial charge in [-0.2, -0.15) is 0 Å². The maximum atomic E-state index is 14.5. The highest BCUT2D eigenvalue weighted by Crippen LogP contribution is 2.49. The van der Waals surface area contributed by atoms with Crippen molar-refractivity contribution < 1.29 is 13.6 Å². The Kier molecular flexibility index (Phi) is 6.26. The van der Waals surface area contributed by atoms with Gasteiger partial charge >= 0.3 is 0 Å². The summed E-state index contributed by atoms with van der Waals surface area (Å²) in [7, 11) is 0. The van der Waals surface area contributed by atoms with Crippen molar-refractivity contribution in [2.24, 2.45) is 11.8 Å². The molecule has 2 fully saturated rings. The second-order valence-electron chi connectivity index (χ2n) is 9.98. The molecule has 1 unspecified atom stereocenters. The Hall–Kier alpha value is -2.63. The van der Waals surface area contributed by atoms with Crippen molar-refractivity contribution in [3.8, 4) is 0 Å². The van der Waals surface area contributed by atoms with Crippen LogP contribution < -0.4 is 16.0 Å². The molecule has 0 bridgehead atoms. The van der Waals surface area contributed by atoms with Crippen LogP contribution in [-0.4, -0.2) is 11.9 Å². The van der Waals surface area contributed by atoms with Gasteiger partial charge in [0.05, 0.1) is 17.3 Å². The highest BCUT2D eigenvalue weighted by molar-refractivity contribution is 5.86. The lowest BCUT2D eigenvalue weighted by Gasteiger charge is -2.44. The number of anilines is 2. The molecule has 0 radical (unpaired) electrons. The molecule has 1 amide bonds. The number of para-hydroxylation sites is 2. The van der Waals surface area contributed by atoms with E-state index in [1.54, 1.807) is 0 Å². The number of hydrogen-bond acceptors (Lipinski definition) is 3. The number of carbonyl (C=O) groups is 1. The van der Waals surface area contributed by atoms with E-state index in [0.29, 0.717) is 5.56 Å². The van der Waals surface area contributed by atoms with Crippen molar-refractivity contribution in [1.29, 1.82) is 0 Å². The Morgan fingerprint density at radius 2 is 1.39 bits per heavy atom. The summed E-state index contributed by atoms with van der Waals surface area (Å²) in [5.74, 6) is -1.69. The van der Waals surface area contributed by atoms with Crippen LogP contribution in [0, 0.1) is 23.5 Å². The van der Waals surface area contributed by atoms with E-state index in [1.807, 2.05) is 24.3 Å². The first kappa shape index (κ1) is 22.2. The Balaban J connectivity index is 1.59. The molecular weight excluding hydrogens is 420 g/mol. The number of benzene rings is 2. The average molecular weight is 454 g/mol. The summed E-state index contributed by atoms with van der Waals surface area (Å²) >= 11 is 0. The number of amides is 1. The number of fused-ring (bicyclic) bond motifs is 1. The fourth-order valence-electron chi connectivity index (χ4n) is 6.19. The van der Waals surface area contributed by atoms with Crippen LogP contribution in [0.4, 0.5) is 20.2 Å². The zero-order chi connectivity index (χ0) is 22.8. The first-order valence-corrected chi connectivity index (χ1v) is 12.5. The van der Waals surface area contributed by atoms with Crippen molar-refractivity contribution in [3.05, 3.63) is 59.7 Å². The van der Waals surface area contributed by atoms with Gasteiger partial charge in [-0.25, -0.2) is 8.78 Å². The molecule has 3 N–H and O–H groups in total. The minimum absolute atomic E-state index is 0.0220. The minimum atomic E-state index is -1.12. The highest BCUT2D eigenvalue weighted by atomic mass is 19.1. The van der Waals surface area contributed by atoms with Gasteiger partial charge in [-0.15, -0.1) is 0 Å². The fraction of sp³-hybridized carbons (Fsp3) is 0.519. The van der Waals surface area contributed by atoms with E-state index in [1.165, 1.54) is 18.6 Å². The maximum absolute atomic E-state index is 14.5. The van der Waals surface area contributed by atoms with E-state index >= 15 is 0 Å². The van der Waals surface area contributed by atoms with Gasteiger partial charge in [0, 0.05) is 17.7 Å². The van der Waals surface area contributed by atoms with Crippen LogP contribution in [0.25, 0.3) is 0 Å². The second kappa shape index (κ2) is 9.32. The van der Waals surface area contributed by atoms with Crippen LogP contribution in [0.3, 0.4) is 0 Å². The monoisotopic (exact) mass is 453 g/mol. The quantitative estimate of drug-likeness (QED) is 0.498. The van der Waals surface area contributed by atoms with Gasteiger partial charge < -0.3 is 16.0 Å². The Morgan fingerprint density at radius 1 is 0.848 bits per heavy atom. The maximum Gasteiger partial charge on any atom is 0.228 e. The van der Waals surface area contributed by atoms with E-state index in [2.05, 4.69) is 16.0 Å². The molecule has 1 heterocycles. The smallest absolute Gasteiger partial charge is 0.228 e. The molecule has 2 aliphatic carbocycles. The van der Waals surface area contributed by atoms with Gasteiger partial charge in [0.15, 0.2) is 0 Å². The lowest BCUT2D eigenvalue weighted by atomic mass is 9.71. The first-order chi connectivity index (χ1) is 16.0. The van der Waals surface area contributed by atoms with Gasteiger partial charge in [0.2, 0.25) is 5.91 Å². The summed E-state index contributed by atoms with van der Waals surface area (Å²) in [6, 6.07) is 11.5. The predicted molar refractivity (Wildman–Crippen MR) is 127 cm³/mol. The van der Waals surface area contributed by atoms with Gasteiger partial charge in [-0.05, 0) is 55.9 Å². The molecule has 33 heavy (non-hydrogen) atoms. The SMILES string of the molecule is O=C(NC1CCCCC1)C(C1CCCCC1)C1(c2cc(F)cc(F)c2)Nc2ccccc2N1. The molecule has 6 heteroatoms. The molecule has 3 aliphatic rings. The Bertz CT molecular complexity index is 953. The van der Waals surface area contributed by atoms with E-state index < -0.39 is 23.2 Å². The summed E-state index contributed by atoms with van der Waals surface area (Å²) in [6.45, 7) is 0. The molecule has 4 nitrogen and oxygen atoms in total. The van der Waals surface area contributed by atoms with Crippen molar-refractivity contribution in [1.82, 2.24) is 5.32 Å². The molecule has 2 aromatic rings. The highest BCUT2D eigenvalue weighted by Gasteiger charge is 2.52. The molecule has 1 aliphatic heterocycles. The number of rotatable bonds is 5. The second-order valence-corrected chi connectivity index (χ2v) is 9.98. The topological polar surface area (TPSA) is 53.2 Å². The summed E-state index contributed by atoms with van der Waals surface area (Å²) in [4.78, 5) is 14.0. The Morgan fingerprint density at radius 3 is 1.97 bits per heavy atom.